The number of nitrogens with zero attached hydrogens (tertiary/aromatic N) is 3. The van der Waals surface area contributed by atoms with E-state index in [1.807, 2.05) is 58.6 Å². The predicted octanol–water partition coefficient (Wildman–Crippen LogP) is 4.35. The molecule has 7 nitrogen and oxygen atoms in total. The minimum absolute atomic E-state index is 0.000809. The molecule has 0 saturated heterocycles. The lowest BCUT2D eigenvalue weighted by Crippen LogP contribution is -2.31. The van der Waals surface area contributed by atoms with Crippen LogP contribution in [0.15, 0.2) is 51.7 Å². The molecule has 0 bridgehead atoms. The predicted molar refractivity (Wildman–Crippen MR) is 121 cm³/mol. The van der Waals surface area contributed by atoms with Crippen molar-refractivity contribution in [3.8, 4) is 0 Å². The second-order valence-corrected chi connectivity index (χ2v) is 8.77. The van der Waals surface area contributed by atoms with Crippen molar-refractivity contribution in [2.75, 3.05) is 5.32 Å². The first-order valence-electron chi connectivity index (χ1n) is 10.1. The van der Waals surface area contributed by atoms with Crippen LogP contribution in [0.5, 0.6) is 0 Å². The number of halogens is 1. The maximum absolute atomic E-state index is 12.9. The number of para-hydroxylation sites is 3. The highest BCUT2D eigenvalue weighted by atomic mass is 79.9. The number of nitrogens with one attached hydrogen (secondary N) is 2. The molecule has 0 spiro atoms. The lowest BCUT2D eigenvalue weighted by molar-refractivity contribution is -0.121. The molecule has 2 heterocycles. The number of amides is 1. The van der Waals surface area contributed by atoms with Crippen LogP contribution in [-0.4, -0.2) is 25.0 Å². The van der Waals surface area contributed by atoms with E-state index in [4.69, 9.17) is 0 Å². The summed E-state index contributed by atoms with van der Waals surface area (Å²) in [4.78, 5) is 32.9. The van der Waals surface area contributed by atoms with E-state index in [0.29, 0.717) is 5.95 Å². The van der Waals surface area contributed by atoms with Gasteiger partial charge in [-0.05, 0) is 65.9 Å². The van der Waals surface area contributed by atoms with Gasteiger partial charge in [-0.15, -0.1) is 0 Å². The third kappa shape index (κ3) is 3.15. The van der Waals surface area contributed by atoms with Gasteiger partial charge in [0.25, 0.3) is 0 Å². The van der Waals surface area contributed by atoms with Gasteiger partial charge in [0.15, 0.2) is 0 Å². The van der Waals surface area contributed by atoms with Crippen LogP contribution in [0.4, 0.5) is 5.95 Å². The number of H-pyrrole nitrogens is 1. The summed E-state index contributed by atoms with van der Waals surface area (Å²) in [5.41, 5.74) is 3.49. The second-order valence-electron chi connectivity index (χ2n) is 7.91. The number of hydrogen-bond acceptors (Lipinski definition) is 3. The normalized spacial score (nSPS) is 19.4. The lowest BCUT2D eigenvalue weighted by Gasteiger charge is -2.28. The minimum Gasteiger partial charge on any atom is -0.313 e. The summed E-state index contributed by atoms with van der Waals surface area (Å²) in [6.45, 7) is 0. The van der Waals surface area contributed by atoms with Crippen LogP contribution in [0.1, 0.15) is 31.7 Å². The van der Waals surface area contributed by atoms with Crippen LogP contribution in [0, 0.1) is 5.92 Å². The zero-order valence-corrected chi connectivity index (χ0v) is 18.1. The number of carbonyl (C=O) groups excluding carboxylic acids is 1. The molecule has 0 radical (unpaired) electrons. The fourth-order valence-electron chi connectivity index (χ4n) is 4.54. The molecular weight excluding hydrogens is 446 g/mol. The SMILES string of the molecule is Cn1c(NC(=O)[C@H]2CC[C@@H](n3c(=O)[nH]c4c(Br)cccc43)CC2)nc2ccccc21. The number of benzene rings is 2. The van der Waals surface area contributed by atoms with Crippen molar-refractivity contribution < 1.29 is 4.79 Å². The summed E-state index contributed by atoms with van der Waals surface area (Å²) in [6.07, 6.45) is 3.07. The standard InChI is InChI=1S/C22H22BrN5O2/c1-27-17-7-3-2-6-16(17)24-21(27)26-20(29)13-9-11-14(12-10-13)28-18-8-4-5-15(23)19(18)25-22(28)30/h2-8,13-14H,9-12H2,1H3,(H,25,30)(H,24,26,29)/t13-,14+. The third-order valence-electron chi connectivity index (χ3n) is 6.16. The van der Waals surface area contributed by atoms with Gasteiger partial charge in [-0.2, -0.15) is 0 Å². The van der Waals surface area contributed by atoms with E-state index < -0.39 is 0 Å². The Hall–Kier alpha value is -2.87. The van der Waals surface area contributed by atoms with E-state index in [2.05, 4.69) is 31.2 Å². The fourth-order valence-corrected chi connectivity index (χ4v) is 5.00. The van der Waals surface area contributed by atoms with Crippen molar-refractivity contribution in [2.45, 2.75) is 31.7 Å². The van der Waals surface area contributed by atoms with Gasteiger partial charge in [0, 0.05) is 23.5 Å². The Bertz CT molecular complexity index is 1310. The quantitative estimate of drug-likeness (QED) is 0.469. The van der Waals surface area contributed by atoms with Crippen molar-refractivity contribution in [1.29, 1.82) is 0 Å². The summed E-state index contributed by atoms with van der Waals surface area (Å²) in [7, 11) is 1.91. The third-order valence-corrected chi connectivity index (χ3v) is 6.82. The molecule has 1 fully saturated rings. The van der Waals surface area contributed by atoms with Gasteiger partial charge >= 0.3 is 5.69 Å². The van der Waals surface area contributed by atoms with E-state index in [0.717, 1.165) is 52.2 Å². The summed E-state index contributed by atoms with van der Waals surface area (Å²) in [5.74, 6) is 0.496. The Labute approximate surface area is 181 Å². The van der Waals surface area contributed by atoms with Gasteiger partial charge in [-0.1, -0.05) is 18.2 Å². The van der Waals surface area contributed by atoms with Gasteiger partial charge < -0.3 is 9.55 Å². The van der Waals surface area contributed by atoms with E-state index in [9.17, 15) is 9.59 Å². The van der Waals surface area contributed by atoms with E-state index >= 15 is 0 Å². The maximum atomic E-state index is 12.9. The van der Waals surface area contributed by atoms with Crippen molar-refractivity contribution in [3.05, 3.63) is 57.4 Å². The summed E-state index contributed by atoms with van der Waals surface area (Å²) in [5, 5.41) is 3.00. The molecule has 1 amide bonds. The Morgan fingerprint density at radius 1 is 1.10 bits per heavy atom. The van der Waals surface area contributed by atoms with Crippen LogP contribution >= 0.6 is 15.9 Å². The number of anilines is 1. The Balaban J connectivity index is 1.31. The van der Waals surface area contributed by atoms with Crippen LogP contribution in [-0.2, 0) is 11.8 Å². The van der Waals surface area contributed by atoms with Crippen LogP contribution in [0.2, 0.25) is 0 Å². The van der Waals surface area contributed by atoms with Gasteiger partial charge in [-0.25, -0.2) is 9.78 Å². The average molecular weight is 468 g/mol. The molecule has 5 rings (SSSR count). The number of aromatic amines is 1. The molecule has 30 heavy (non-hydrogen) atoms. The molecule has 1 saturated carbocycles. The average Bonchev–Trinajstić information content (AvgIpc) is 3.26. The molecule has 8 heteroatoms. The van der Waals surface area contributed by atoms with E-state index in [-0.39, 0.29) is 23.6 Å². The molecule has 0 atom stereocenters. The van der Waals surface area contributed by atoms with Crippen LogP contribution < -0.4 is 11.0 Å². The molecule has 2 aromatic carbocycles. The number of carbonyl (C=O) groups is 1. The molecule has 1 aliphatic carbocycles. The topological polar surface area (TPSA) is 84.7 Å². The molecule has 4 aromatic rings. The van der Waals surface area contributed by atoms with Gasteiger partial charge in [0.1, 0.15) is 0 Å². The Morgan fingerprint density at radius 2 is 1.83 bits per heavy atom. The maximum Gasteiger partial charge on any atom is 0.326 e. The lowest BCUT2D eigenvalue weighted by atomic mass is 9.85. The highest BCUT2D eigenvalue weighted by Gasteiger charge is 2.29. The number of rotatable bonds is 3. The van der Waals surface area contributed by atoms with Crippen molar-refractivity contribution in [1.82, 2.24) is 19.1 Å². The highest BCUT2D eigenvalue weighted by molar-refractivity contribution is 9.10. The molecule has 0 unspecified atom stereocenters. The summed E-state index contributed by atoms with van der Waals surface area (Å²) >= 11 is 3.50. The van der Waals surface area contributed by atoms with Gasteiger partial charge in [0.2, 0.25) is 11.9 Å². The summed E-state index contributed by atoms with van der Waals surface area (Å²) in [6, 6.07) is 13.7. The Morgan fingerprint density at radius 3 is 2.60 bits per heavy atom. The van der Waals surface area contributed by atoms with Gasteiger partial charge in [0.05, 0.1) is 22.1 Å². The first-order chi connectivity index (χ1) is 14.5. The fraction of sp³-hybridized carbons (Fsp3) is 0.318. The van der Waals surface area contributed by atoms with Crippen molar-refractivity contribution >= 4 is 49.9 Å². The van der Waals surface area contributed by atoms with Gasteiger partial charge in [-0.3, -0.25) is 14.7 Å². The first kappa shape index (κ1) is 19.1. The van der Waals surface area contributed by atoms with Crippen molar-refractivity contribution in [3.63, 3.8) is 0 Å². The first-order valence-corrected chi connectivity index (χ1v) is 10.9. The Kier molecular flexibility index (Phi) is 4.73. The van der Waals surface area contributed by atoms with E-state index in [1.54, 1.807) is 0 Å². The number of aryl methyl sites for hydroxylation is 1. The number of hydrogen-bond donors (Lipinski definition) is 2. The molecule has 2 N–H and O–H groups in total. The van der Waals surface area contributed by atoms with Crippen LogP contribution in [0.25, 0.3) is 22.1 Å². The number of aromatic nitrogens is 4. The van der Waals surface area contributed by atoms with Crippen LogP contribution in [0.3, 0.4) is 0 Å². The van der Waals surface area contributed by atoms with Crippen molar-refractivity contribution in [2.24, 2.45) is 13.0 Å². The molecule has 154 valence electrons. The smallest absolute Gasteiger partial charge is 0.313 e. The van der Waals surface area contributed by atoms with E-state index in [1.165, 1.54) is 0 Å². The molecule has 2 aromatic heterocycles. The number of fused-ring (bicyclic) bond motifs is 2. The zero-order chi connectivity index (χ0) is 20.8. The monoisotopic (exact) mass is 467 g/mol. The molecular formula is C22H22BrN5O2. The second kappa shape index (κ2) is 7.43. The minimum atomic E-state index is -0.0931. The highest BCUT2D eigenvalue weighted by Crippen LogP contribution is 2.34. The molecule has 0 aliphatic heterocycles. The summed E-state index contributed by atoms with van der Waals surface area (Å²) < 4.78 is 4.63. The molecule has 1 aliphatic rings. The number of imidazole rings is 2. The zero-order valence-electron chi connectivity index (χ0n) is 16.6. The largest absolute Gasteiger partial charge is 0.326 e.